The zero-order valence-electron chi connectivity index (χ0n) is 15.7. The number of morpholine rings is 1. The van der Waals surface area contributed by atoms with Gasteiger partial charge in [0.2, 0.25) is 0 Å². The van der Waals surface area contributed by atoms with Crippen molar-refractivity contribution in [3.63, 3.8) is 0 Å². The van der Waals surface area contributed by atoms with E-state index >= 15 is 0 Å². The van der Waals surface area contributed by atoms with Gasteiger partial charge in [-0.05, 0) is 30.7 Å². The van der Waals surface area contributed by atoms with Gasteiger partial charge in [0, 0.05) is 37.2 Å². The lowest BCUT2D eigenvalue weighted by atomic mass is 10.00. The molecule has 0 aromatic heterocycles. The summed E-state index contributed by atoms with van der Waals surface area (Å²) in [6.45, 7) is 6.31. The van der Waals surface area contributed by atoms with Gasteiger partial charge in [0.15, 0.2) is 0 Å². The lowest BCUT2D eigenvalue weighted by Crippen LogP contribution is -2.40. The van der Waals surface area contributed by atoms with Crippen LogP contribution >= 0.6 is 0 Å². The van der Waals surface area contributed by atoms with Crippen LogP contribution in [0.3, 0.4) is 0 Å². The maximum atomic E-state index is 12.7. The van der Waals surface area contributed by atoms with Crippen LogP contribution in [0, 0.1) is 0 Å². The second-order valence-electron chi connectivity index (χ2n) is 7.31. The Labute approximate surface area is 160 Å². The van der Waals surface area contributed by atoms with Crippen molar-refractivity contribution in [1.82, 2.24) is 10.2 Å². The Morgan fingerprint density at radius 2 is 1.96 bits per heavy atom. The van der Waals surface area contributed by atoms with Crippen molar-refractivity contribution in [2.75, 3.05) is 26.3 Å². The van der Waals surface area contributed by atoms with Crippen molar-refractivity contribution in [3.8, 4) is 5.75 Å². The van der Waals surface area contributed by atoms with Crippen LogP contribution in [0.1, 0.15) is 40.9 Å². The van der Waals surface area contributed by atoms with Crippen LogP contribution in [0.25, 0.3) is 0 Å². The van der Waals surface area contributed by atoms with Gasteiger partial charge in [0.05, 0.1) is 25.4 Å². The zero-order chi connectivity index (χ0) is 18.6. The van der Waals surface area contributed by atoms with Gasteiger partial charge in [-0.1, -0.05) is 30.3 Å². The van der Waals surface area contributed by atoms with E-state index in [-0.39, 0.29) is 18.1 Å². The maximum absolute atomic E-state index is 12.7. The molecule has 0 bridgehead atoms. The summed E-state index contributed by atoms with van der Waals surface area (Å²) in [6.07, 6.45) is 1.07. The Morgan fingerprint density at radius 1 is 1.15 bits per heavy atom. The quantitative estimate of drug-likeness (QED) is 0.903. The first kappa shape index (κ1) is 18.0. The Bertz CT molecular complexity index is 790. The third-order valence-electron chi connectivity index (χ3n) is 5.21. The number of carbonyl (C=O) groups is 1. The average molecular weight is 366 g/mol. The molecule has 2 aromatic rings. The topological polar surface area (TPSA) is 50.8 Å². The molecule has 0 spiro atoms. The van der Waals surface area contributed by atoms with E-state index in [1.165, 1.54) is 5.56 Å². The number of hydrogen-bond acceptors (Lipinski definition) is 4. The number of para-hydroxylation sites is 1. The minimum Gasteiger partial charge on any atom is -0.493 e. The van der Waals surface area contributed by atoms with Crippen LogP contribution < -0.4 is 10.1 Å². The van der Waals surface area contributed by atoms with E-state index in [1.54, 1.807) is 0 Å². The van der Waals surface area contributed by atoms with Gasteiger partial charge < -0.3 is 14.8 Å². The molecular formula is C22H26N2O3. The molecule has 1 amide bonds. The SMILES string of the molecule is C[C@@H]1CN(Cc2ccc(C(=O)N[C@H]3CCOc4ccccc43)cc2)CCO1. The standard InChI is InChI=1S/C22H26N2O3/c1-16-14-24(11-13-26-16)15-17-6-8-18(9-7-17)22(25)23-20-10-12-27-21-5-3-2-4-19(20)21/h2-9,16,20H,10-15H2,1H3,(H,23,25)/t16-,20+/m1/s1. The van der Waals surface area contributed by atoms with Crippen molar-refractivity contribution in [3.05, 3.63) is 65.2 Å². The zero-order valence-corrected chi connectivity index (χ0v) is 15.7. The van der Waals surface area contributed by atoms with Crippen molar-refractivity contribution < 1.29 is 14.3 Å². The summed E-state index contributed by atoms with van der Waals surface area (Å²) in [4.78, 5) is 15.1. The third-order valence-corrected chi connectivity index (χ3v) is 5.21. The van der Waals surface area contributed by atoms with Crippen LogP contribution in [-0.2, 0) is 11.3 Å². The van der Waals surface area contributed by atoms with Crippen LogP contribution in [-0.4, -0.2) is 43.2 Å². The Hall–Kier alpha value is -2.37. The van der Waals surface area contributed by atoms with Gasteiger partial charge >= 0.3 is 0 Å². The van der Waals surface area contributed by atoms with E-state index in [4.69, 9.17) is 9.47 Å². The van der Waals surface area contributed by atoms with E-state index in [9.17, 15) is 4.79 Å². The second kappa shape index (κ2) is 8.11. The molecular weight excluding hydrogens is 340 g/mol. The molecule has 0 saturated carbocycles. The molecule has 27 heavy (non-hydrogen) atoms. The van der Waals surface area contributed by atoms with Gasteiger partial charge in [-0.2, -0.15) is 0 Å². The fourth-order valence-corrected chi connectivity index (χ4v) is 3.79. The fraction of sp³-hybridized carbons (Fsp3) is 0.409. The minimum atomic E-state index is -0.0387. The van der Waals surface area contributed by atoms with Crippen molar-refractivity contribution >= 4 is 5.91 Å². The molecule has 142 valence electrons. The molecule has 2 atom stereocenters. The van der Waals surface area contributed by atoms with E-state index in [2.05, 4.69) is 17.1 Å². The number of amides is 1. The number of nitrogens with zero attached hydrogens (tertiary/aromatic N) is 1. The van der Waals surface area contributed by atoms with Crippen molar-refractivity contribution in [1.29, 1.82) is 0 Å². The number of benzene rings is 2. The molecule has 2 heterocycles. The molecule has 1 N–H and O–H groups in total. The van der Waals surface area contributed by atoms with E-state index in [1.807, 2.05) is 48.5 Å². The molecule has 5 nitrogen and oxygen atoms in total. The average Bonchev–Trinajstić information content (AvgIpc) is 2.69. The summed E-state index contributed by atoms with van der Waals surface area (Å²) in [6, 6.07) is 15.8. The van der Waals surface area contributed by atoms with Gasteiger partial charge in [-0.15, -0.1) is 0 Å². The summed E-state index contributed by atoms with van der Waals surface area (Å²) in [7, 11) is 0. The molecule has 1 fully saturated rings. The minimum absolute atomic E-state index is 0.00281. The molecule has 2 aliphatic heterocycles. The van der Waals surface area contributed by atoms with Crippen LogP contribution in [0.5, 0.6) is 5.75 Å². The molecule has 0 unspecified atom stereocenters. The number of hydrogen-bond donors (Lipinski definition) is 1. The Balaban J connectivity index is 1.38. The molecule has 4 rings (SSSR count). The van der Waals surface area contributed by atoms with Crippen molar-refractivity contribution in [2.45, 2.75) is 32.0 Å². The van der Waals surface area contributed by atoms with Gasteiger partial charge in [0.1, 0.15) is 5.75 Å². The molecule has 1 saturated heterocycles. The smallest absolute Gasteiger partial charge is 0.251 e. The summed E-state index contributed by atoms with van der Waals surface area (Å²) in [5.41, 5.74) is 2.96. The third kappa shape index (κ3) is 4.31. The predicted octanol–water partition coefficient (Wildman–Crippen LogP) is 3.16. The van der Waals surface area contributed by atoms with Gasteiger partial charge in [-0.25, -0.2) is 0 Å². The van der Waals surface area contributed by atoms with Crippen LogP contribution in [0.4, 0.5) is 0 Å². The van der Waals surface area contributed by atoms with Crippen LogP contribution in [0.2, 0.25) is 0 Å². The van der Waals surface area contributed by atoms with E-state index < -0.39 is 0 Å². The second-order valence-corrected chi connectivity index (χ2v) is 7.31. The summed E-state index contributed by atoms with van der Waals surface area (Å²) < 4.78 is 11.3. The largest absolute Gasteiger partial charge is 0.493 e. The fourth-order valence-electron chi connectivity index (χ4n) is 3.79. The Kier molecular flexibility index (Phi) is 5.41. The van der Waals surface area contributed by atoms with Gasteiger partial charge in [0.25, 0.3) is 5.91 Å². The highest BCUT2D eigenvalue weighted by Gasteiger charge is 2.23. The summed E-state index contributed by atoms with van der Waals surface area (Å²) in [5.74, 6) is 0.826. The summed E-state index contributed by atoms with van der Waals surface area (Å²) in [5, 5.41) is 3.15. The number of fused-ring (bicyclic) bond motifs is 1. The number of ether oxygens (including phenoxy) is 2. The van der Waals surface area contributed by atoms with E-state index in [0.717, 1.165) is 44.0 Å². The highest BCUT2D eigenvalue weighted by Crippen LogP contribution is 2.31. The van der Waals surface area contributed by atoms with Gasteiger partial charge in [-0.3, -0.25) is 9.69 Å². The highest BCUT2D eigenvalue weighted by atomic mass is 16.5. The first-order chi connectivity index (χ1) is 13.2. The number of rotatable bonds is 4. The highest BCUT2D eigenvalue weighted by molar-refractivity contribution is 5.94. The molecule has 2 aromatic carbocycles. The van der Waals surface area contributed by atoms with Crippen molar-refractivity contribution in [2.24, 2.45) is 0 Å². The lowest BCUT2D eigenvalue weighted by molar-refractivity contribution is -0.0212. The lowest BCUT2D eigenvalue weighted by Gasteiger charge is -2.31. The Morgan fingerprint density at radius 3 is 2.78 bits per heavy atom. The first-order valence-corrected chi connectivity index (χ1v) is 9.64. The van der Waals surface area contributed by atoms with E-state index in [0.29, 0.717) is 12.2 Å². The monoisotopic (exact) mass is 366 g/mol. The predicted molar refractivity (Wildman–Crippen MR) is 104 cm³/mol. The molecule has 5 heteroatoms. The van der Waals surface area contributed by atoms with Crippen LogP contribution in [0.15, 0.2) is 48.5 Å². The molecule has 0 aliphatic carbocycles. The number of carbonyl (C=O) groups excluding carboxylic acids is 1. The number of nitrogens with one attached hydrogen (secondary N) is 1. The molecule has 2 aliphatic rings. The summed E-state index contributed by atoms with van der Waals surface area (Å²) >= 11 is 0. The molecule has 0 radical (unpaired) electrons. The normalized spacial score (nSPS) is 22.6. The maximum Gasteiger partial charge on any atom is 0.251 e. The first-order valence-electron chi connectivity index (χ1n) is 9.64.